The summed E-state index contributed by atoms with van der Waals surface area (Å²) in [4.78, 5) is 11.9. The normalized spacial score (nSPS) is 16.1. The Kier molecular flexibility index (Phi) is 3.64. The molecule has 1 aromatic rings. The van der Waals surface area contributed by atoms with Crippen LogP contribution in [0.2, 0.25) is 0 Å². The molecule has 1 fully saturated rings. The second-order valence-corrected chi connectivity index (χ2v) is 7.05. The number of hydrogen-bond acceptors (Lipinski definition) is 3. The molecule has 6 heteroatoms. The third-order valence-corrected chi connectivity index (χ3v) is 4.62. The molecule has 0 spiro atoms. The lowest BCUT2D eigenvalue weighted by molar-refractivity contribution is 0.0917. The summed E-state index contributed by atoms with van der Waals surface area (Å²) in [5.74, 6) is -0.249. The molecular weight excluding hydrogens is 274 g/mol. The Hall–Kier alpha value is -1.07. The van der Waals surface area contributed by atoms with Crippen molar-refractivity contribution in [1.29, 1.82) is 0 Å². The number of hydrogen-bond donors (Lipinski definition) is 1. The maximum Gasteiger partial charge on any atom is 0.261 e. The number of nitrogens with one attached hydrogen (secondary N) is 1. The number of halogens is 1. The first kappa shape index (κ1) is 13.4. The van der Waals surface area contributed by atoms with Crippen molar-refractivity contribution in [2.75, 3.05) is 0 Å². The van der Waals surface area contributed by atoms with Gasteiger partial charge < -0.3 is 5.32 Å². The van der Waals surface area contributed by atoms with Gasteiger partial charge in [-0.05, 0) is 43.9 Å². The molecule has 1 N–H and O–H groups in total. The first-order valence-corrected chi connectivity index (χ1v) is 8.05. The minimum absolute atomic E-state index is 0.00886. The SMILES string of the molecule is Cc1ccc(C(=O)NC2CCC2)cc1S(=O)(=O)Cl. The summed E-state index contributed by atoms with van der Waals surface area (Å²) < 4.78 is 22.7. The van der Waals surface area contributed by atoms with E-state index in [9.17, 15) is 13.2 Å². The van der Waals surface area contributed by atoms with E-state index >= 15 is 0 Å². The van der Waals surface area contributed by atoms with Gasteiger partial charge in [-0.15, -0.1) is 0 Å². The van der Waals surface area contributed by atoms with Crippen molar-refractivity contribution in [2.24, 2.45) is 0 Å². The van der Waals surface area contributed by atoms with Crippen LogP contribution in [-0.2, 0) is 9.05 Å². The average molecular weight is 288 g/mol. The quantitative estimate of drug-likeness (QED) is 0.867. The lowest BCUT2D eigenvalue weighted by Crippen LogP contribution is -2.39. The topological polar surface area (TPSA) is 63.2 Å². The number of benzene rings is 1. The standard InChI is InChI=1S/C12H14ClNO3S/c1-8-5-6-9(7-11(8)18(13,16)17)12(15)14-10-3-2-4-10/h5-7,10H,2-4H2,1H3,(H,14,15). The van der Waals surface area contributed by atoms with Crippen LogP contribution >= 0.6 is 10.7 Å². The summed E-state index contributed by atoms with van der Waals surface area (Å²) in [6.07, 6.45) is 3.09. The fraction of sp³-hybridized carbons (Fsp3) is 0.417. The molecule has 2 rings (SSSR count). The molecule has 0 radical (unpaired) electrons. The molecule has 0 aliphatic heterocycles. The van der Waals surface area contributed by atoms with E-state index in [-0.39, 0.29) is 16.8 Å². The van der Waals surface area contributed by atoms with E-state index in [0.717, 1.165) is 19.3 Å². The summed E-state index contributed by atoms with van der Waals surface area (Å²) in [6, 6.07) is 4.74. The van der Waals surface area contributed by atoms with Gasteiger partial charge in [-0.1, -0.05) is 6.07 Å². The Balaban J connectivity index is 2.26. The molecule has 18 heavy (non-hydrogen) atoms. The molecule has 1 amide bonds. The number of carbonyl (C=O) groups excluding carboxylic acids is 1. The van der Waals surface area contributed by atoms with E-state index in [4.69, 9.17) is 10.7 Å². The summed E-state index contributed by atoms with van der Waals surface area (Å²) in [5, 5.41) is 2.85. The predicted molar refractivity (Wildman–Crippen MR) is 69.3 cm³/mol. The number of carbonyl (C=O) groups is 1. The Morgan fingerprint density at radius 1 is 1.39 bits per heavy atom. The first-order valence-electron chi connectivity index (χ1n) is 5.74. The zero-order valence-electron chi connectivity index (χ0n) is 9.94. The van der Waals surface area contributed by atoms with Crippen LogP contribution in [0, 0.1) is 6.92 Å². The van der Waals surface area contributed by atoms with Crippen LogP contribution in [0.1, 0.15) is 35.2 Å². The molecule has 1 aliphatic carbocycles. The average Bonchev–Trinajstić information content (AvgIpc) is 2.22. The fourth-order valence-corrected chi connectivity index (χ4v) is 3.04. The maximum absolute atomic E-state index is 11.9. The summed E-state index contributed by atoms with van der Waals surface area (Å²) in [5.41, 5.74) is 0.858. The van der Waals surface area contributed by atoms with E-state index < -0.39 is 9.05 Å². The third kappa shape index (κ3) is 2.84. The smallest absolute Gasteiger partial charge is 0.261 e. The number of aryl methyl sites for hydroxylation is 1. The van der Waals surface area contributed by atoms with Gasteiger partial charge in [-0.3, -0.25) is 4.79 Å². The van der Waals surface area contributed by atoms with Gasteiger partial charge in [0.15, 0.2) is 0 Å². The van der Waals surface area contributed by atoms with Gasteiger partial charge in [0.2, 0.25) is 0 Å². The summed E-state index contributed by atoms with van der Waals surface area (Å²) in [6.45, 7) is 1.64. The molecular formula is C12H14ClNO3S. The second kappa shape index (κ2) is 4.90. The largest absolute Gasteiger partial charge is 0.349 e. The van der Waals surface area contributed by atoms with Gasteiger partial charge in [-0.25, -0.2) is 8.42 Å². The van der Waals surface area contributed by atoms with Crippen LogP contribution in [0.4, 0.5) is 0 Å². The van der Waals surface area contributed by atoms with Crippen molar-refractivity contribution >= 4 is 25.6 Å². The molecule has 1 aromatic carbocycles. The van der Waals surface area contributed by atoms with Crippen molar-refractivity contribution in [3.8, 4) is 0 Å². The molecule has 1 aliphatic rings. The number of amides is 1. The lowest BCUT2D eigenvalue weighted by Gasteiger charge is -2.26. The zero-order chi connectivity index (χ0) is 13.3. The van der Waals surface area contributed by atoms with Gasteiger partial charge in [0.05, 0.1) is 4.90 Å². The van der Waals surface area contributed by atoms with E-state index in [1.165, 1.54) is 6.07 Å². The molecule has 0 saturated heterocycles. The highest BCUT2D eigenvalue weighted by atomic mass is 35.7. The second-order valence-electron chi connectivity index (χ2n) is 4.52. The van der Waals surface area contributed by atoms with E-state index in [2.05, 4.69) is 5.32 Å². The first-order chi connectivity index (χ1) is 8.38. The van der Waals surface area contributed by atoms with Crippen molar-refractivity contribution in [1.82, 2.24) is 5.32 Å². The van der Waals surface area contributed by atoms with Crippen molar-refractivity contribution < 1.29 is 13.2 Å². The monoisotopic (exact) mass is 287 g/mol. The zero-order valence-corrected chi connectivity index (χ0v) is 11.5. The molecule has 1 saturated carbocycles. The molecule has 98 valence electrons. The van der Waals surface area contributed by atoms with Gasteiger partial charge in [0.1, 0.15) is 0 Å². The molecule has 0 aromatic heterocycles. The number of rotatable bonds is 3. The van der Waals surface area contributed by atoms with Gasteiger partial charge in [-0.2, -0.15) is 0 Å². The Morgan fingerprint density at radius 3 is 2.56 bits per heavy atom. The van der Waals surface area contributed by atoms with E-state index in [1.54, 1.807) is 19.1 Å². The summed E-state index contributed by atoms with van der Waals surface area (Å²) >= 11 is 0. The van der Waals surface area contributed by atoms with Gasteiger partial charge in [0, 0.05) is 22.3 Å². The van der Waals surface area contributed by atoms with Crippen LogP contribution in [0.25, 0.3) is 0 Å². The highest BCUT2D eigenvalue weighted by Crippen LogP contribution is 2.22. The van der Waals surface area contributed by atoms with Crippen LogP contribution in [0.3, 0.4) is 0 Å². The minimum atomic E-state index is -3.82. The highest BCUT2D eigenvalue weighted by Gasteiger charge is 2.21. The minimum Gasteiger partial charge on any atom is -0.349 e. The lowest BCUT2D eigenvalue weighted by atomic mass is 9.93. The maximum atomic E-state index is 11.9. The van der Waals surface area contributed by atoms with E-state index in [1.807, 2.05) is 0 Å². The highest BCUT2D eigenvalue weighted by molar-refractivity contribution is 8.13. The summed E-state index contributed by atoms with van der Waals surface area (Å²) in [7, 11) is 1.51. The van der Waals surface area contributed by atoms with Crippen molar-refractivity contribution in [3.63, 3.8) is 0 Å². The Bertz CT molecular complexity index is 579. The predicted octanol–water partition coefficient (Wildman–Crippen LogP) is 2.20. The van der Waals surface area contributed by atoms with Crippen molar-refractivity contribution in [2.45, 2.75) is 37.1 Å². The molecule has 0 bridgehead atoms. The van der Waals surface area contributed by atoms with Crippen LogP contribution in [-0.4, -0.2) is 20.4 Å². The van der Waals surface area contributed by atoms with E-state index in [0.29, 0.717) is 11.1 Å². The van der Waals surface area contributed by atoms with Crippen molar-refractivity contribution in [3.05, 3.63) is 29.3 Å². The molecule has 0 atom stereocenters. The molecule has 0 heterocycles. The van der Waals surface area contributed by atoms with Gasteiger partial charge in [0.25, 0.3) is 15.0 Å². The van der Waals surface area contributed by atoms with Crippen LogP contribution < -0.4 is 5.32 Å². The van der Waals surface area contributed by atoms with Crippen LogP contribution in [0.15, 0.2) is 23.1 Å². The Morgan fingerprint density at radius 2 is 2.06 bits per heavy atom. The van der Waals surface area contributed by atoms with Gasteiger partial charge >= 0.3 is 0 Å². The molecule has 4 nitrogen and oxygen atoms in total. The van der Waals surface area contributed by atoms with Crippen LogP contribution in [0.5, 0.6) is 0 Å². The third-order valence-electron chi connectivity index (χ3n) is 3.15. The Labute approximate surface area is 111 Å². The molecule has 0 unspecified atom stereocenters. The fourth-order valence-electron chi connectivity index (χ4n) is 1.83.